The number of para-hydroxylation sites is 1. The molecule has 1 N–H and O–H groups in total. The molecule has 130 valence electrons. The zero-order valence-corrected chi connectivity index (χ0v) is 15.2. The SMILES string of the molecule is COc1ccc(Cl)cc1NC(=O)CCN1C(=O)CSc2ccccc21. The van der Waals surface area contributed by atoms with E-state index in [9.17, 15) is 9.59 Å². The number of carbonyl (C=O) groups is 2. The monoisotopic (exact) mass is 376 g/mol. The Morgan fingerprint density at radius 3 is 2.92 bits per heavy atom. The first-order valence-corrected chi connectivity index (χ1v) is 9.10. The first kappa shape index (κ1) is 17.6. The molecule has 0 aliphatic carbocycles. The van der Waals surface area contributed by atoms with Gasteiger partial charge in [-0.25, -0.2) is 0 Å². The van der Waals surface area contributed by atoms with E-state index >= 15 is 0 Å². The van der Waals surface area contributed by atoms with Crippen LogP contribution in [0.2, 0.25) is 5.02 Å². The lowest BCUT2D eigenvalue weighted by molar-refractivity contribution is -0.117. The number of nitrogens with one attached hydrogen (secondary N) is 1. The largest absolute Gasteiger partial charge is 0.495 e. The van der Waals surface area contributed by atoms with Gasteiger partial charge < -0.3 is 15.0 Å². The number of fused-ring (bicyclic) bond motifs is 1. The molecule has 25 heavy (non-hydrogen) atoms. The normalized spacial score (nSPS) is 13.4. The number of thioether (sulfide) groups is 1. The molecule has 0 saturated carbocycles. The summed E-state index contributed by atoms with van der Waals surface area (Å²) in [6.07, 6.45) is 0.181. The van der Waals surface area contributed by atoms with Gasteiger partial charge in [0.05, 0.1) is 24.2 Å². The summed E-state index contributed by atoms with van der Waals surface area (Å²) >= 11 is 7.49. The minimum absolute atomic E-state index is 0.0110. The van der Waals surface area contributed by atoms with Gasteiger partial charge in [0.25, 0.3) is 0 Å². The summed E-state index contributed by atoms with van der Waals surface area (Å²) in [5.41, 5.74) is 1.37. The van der Waals surface area contributed by atoms with E-state index in [-0.39, 0.29) is 18.2 Å². The molecule has 3 rings (SSSR count). The van der Waals surface area contributed by atoms with Crippen LogP contribution in [0.4, 0.5) is 11.4 Å². The Kier molecular flexibility index (Phi) is 5.50. The van der Waals surface area contributed by atoms with Crippen LogP contribution in [0.15, 0.2) is 47.4 Å². The molecule has 1 aliphatic heterocycles. The van der Waals surface area contributed by atoms with Gasteiger partial charge in [0, 0.05) is 22.9 Å². The van der Waals surface area contributed by atoms with Gasteiger partial charge in [0.2, 0.25) is 11.8 Å². The summed E-state index contributed by atoms with van der Waals surface area (Å²) in [5.74, 6) is 0.732. The molecule has 7 heteroatoms. The predicted molar refractivity (Wildman–Crippen MR) is 101 cm³/mol. The number of rotatable bonds is 5. The van der Waals surface area contributed by atoms with Crippen LogP contribution in [0.5, 0.6) is 5.75 Å². The highest BCUT2D eigenvalue weighted by molar-refractivity contribution is 8.00. The fourth-order valence-corrected chi connectivity index (χ4v) is 3.71. The summed E-state index contributed by atoms with van der Waals surface area (Å²) < 4.78 is 5.22. The van der Waals surface area contributed by atoms with Crippen molar-refractivity contribution in [2.45, 2.75) is 11.3 Å². The molecule has 0 radical (unpaired) electrons. The third kappa shape index (κ3) is 4.08. The van der Waals surface area contributed by atoms with Crippen molar-refractivity contribution >= 4 is 46.6 Å². The lowest BCUT2D eigenvalue weighted by Gasteiger charge is -2.28. The molecule has 0 unspecified atom stereocenters. The molecule has 1 aliphatic rings. The van der Waals surface area contributed by atoms with Crippen LogP contribution in [0.1, 0.15) is 6.42 Å². The van der Waals surface area contributed by atoms with Crippen LogP contribution in [0.25, 0.3) is 0 Å². The van der Waals surface area contributed by atoms with E-state index in [1.54, 1.807) is 23.1 Å². The van der Waals surface area contributed by atoms with Crippen LogP contribution >= 0.6 is 23.4 Å². The number of halogens is 1. The Morgan fingerprint density at radius 1 is 1.32 bits per heavy atom. The average molecular weight is 377 g/mol. The Bertz CT molecular complexity index is 813. The molecular formula is C18H17ClN2O3S. The quantitative estimate of drug-likeness (QED) is 0.861. The molecule has 0 aromatic heterocycles. The Labute approximate surface area is 155 Å². The molecule has 0 saturated heterocycles. The zero-order chi connectivity index (χ0) is 17.8. The smallest absolute Gasteiger partial charge is 0.237 e. The van der Waals surface area contributed by atoms with Crippen molar-refractivity contribution in [3.8, 4) is 5.75 Å². The van der Waals surface area contributed by atoms with Gasteiger partial charge in [0.15, 0.2) is 0 Å². The van der Waals surface area contributed by atoms with Crippen LogP contribution in [0, 0.1) is 0 Å². The number of amides is 2. The zero-order valence-electron chi connectivity index (χ0n) is 13.6. The van der Waals surface area contributed by atoms with E-state index in [2.05, 4.69) is 5.32 Å². The summed E-state index contributed by atoms with van der Waals surface area (Å²) in [4.78, 5) is 27.2. The molecule has 2 aromatic carbocycles. The lowest BCUT2D eigenvalue weighted by atomic mass is 10.2. The first-order chi connectivity index (χ1) is 12.1. The maximum absolute atomic E-state index is 12.3. The van der Waals surface area contributed by atoms with Crippen LogP contribution in [-0.4, -0.2) is 31.2 Å². The minimum Gasteiger partial charge on any atom is -0.495 e. The van der Waals surface area contributed by atoms with Crippen LogP contribution in [0.3, 0.4) is 0 Å². The van der Waals surface area contributed by atoms with Crippen molar-refractivity contribution in [3.63, 3.8) is 0 Å². The predicted octanol–water partition coefficient (Wildman–Crippen LogP) is 3.82. The Morgan fingerprint density at radius 2 is 2.12 bits per heavy atom. The number of carbonyl (C=O) groups excluding carboxylic acids is 2. The van der Waals surface area contributed by atoms with Gasteiger partial charge in [-0.3, -0.25) is 9.59 Å². The van der Waals surface area contributed by atoms with Gasteiger partial charge in [-0.1, -0.05) is 23.7 Å². The average Bonchev–Trinajstić information content (AvgIpc) is 2.61. The number of hydrogen-bond acceptors (Lipinski definition) is 4. The molecule has 0 fully saturated rings. The number of ether oxygens (including phenoxy) is 1. The summed E-state index contributed by atoms with van der Waals surface area (Å²) in [6.45, 7) is 0.325. The molecule has 5 nitrogen and oxygen atoms in total. The van der Waals surface area contributed by atoms with Gasteiger partial charge in [0.1, 0.15) is 5.75 Å². The summed E-state index contributed by atoms with van der Waals surface area (Å²) in [5, 5.41) is 3.30. The third-order valence-corrected chi connectivity index (χ3v) is 5.09. The van der Waals surface area contributed by atoms with Gasteiger partial charge in [-0.15, -0.1) is 11.8 Å². The molecule has 1 heterocycles. The molecule has 0 spiro atoms. The van der Waals surface area contributed by atoms with Crippen molar-refractivity contribution in [1.29, 1.82) is 0 Å². The molecule has 2 aromatic rings. The maximum atomic E-state index is 12.3. The van der Waals surface area contributed by atoms with E-state index < -0.39 is 0 Å². The standard InChI is InChI=1S/C18H17ClN2O3S/c1-24-15-7-6-12(19)10-13(15)20-17(22)8-9-21-14-4-2-3-5-16(14)25-11-18(21)23/h2-7,10H,8-9,11H2,1H3,(H,20,22). The van der Waals surface area contributed by atoms with E-state index in [4.69, 9.17) is 16.3 Å². The highest BCUT2D eigenvalue weighted by atomic mass is 35.5. The highest BCUT2D eigenvalue weighted by Crippen LogP contribution is 2.35. The van der Waals surface area contributed by atoms with E-state index in [1.807, 2.05) is 24.3 Å². The number of nitrogens with zero attached hydrogens (tertiary/aromatic N) is 1. The van der Waals surface area contributed by atoms with Gasteiger partial charge >= 0.3 is 0 Å². The molecule has 2 amide bonds. The second kappa shape index (κ2) is 7.80. The van der Waals surface area contributed by atoms with Gasteiger partial charge in [-0.2, -0.15) is 0 Å². The fourth-order valence-electron chi connectivity index (χ4n) is 2.60. The summed E-state index contributed by atoms with van der Waals surface area (Å²) in [6, 6.07) is 12.7. The number of anilines is 2. The van der Waals surface area contributed by atoms with Gasteiger partial charge in [-0.05, 0) is 30.3 Å². The molecule has 0 bridgehead atoms. The van der Waals surface area contributed by atoms with Crippen molar-refractivity contribution in [3.05, 3.63) is 47.5 Å². The van der Waals surface area contributed by atoms with Crippen molar-refractivity contribution in [2.75, 3.05) is 29.6 Å². The molecule has 0 atom stereocenters. The van der Waals surface area contributed by atoms with Crippen molar-refractivity contribution in [1.82, 2.24) is 0 Å². The van der Waals surface area contributed by atoms with Crippen molar-refractivity contribution in [2.24, 2.45) is 0 Å². The first-order valence-electron chi connectivity index (χ1n) is 7.74. The van der Waals surface area contributed by atoms with Crippen LogP contribution in [-0.2, 0) is 9.59 Å². The maximum Gasteiger partial charge on any atom is 0.237 e. The van der Waals surface area contributed by atoms with E-state index in [0.29, 0.717) is 28.8 Å². The fraction of sp³-hybridized carbons (Fsp3) is 0.222. The molecular weight excluding hydrogens is 360 g/mol. The Balaban J connectivity index is 1.67. The Hall–Kier alpha value is -2.18. The van der Waals surface area contributed by atoms with Crippen LogP contribution < -0.4 is 15.0 Å². The van der Waals surface area contributed by atoms with E-state index in [1.165, 1.54) is 18.9 Å². The third-order valence-electron chi connectivity index (χ3n) is 3.81. The number of hydrogen-bond donors (Lipinski definition) is 1. The van der Waals surface area contributed by atoms with E-state index in [0.717, 1.165) is 10.6 Å². The van der Waals surface area contributed by atoms with Crippen molar-refractivity contribution < 1.29 is 14.3 Å². The second-order valence-electron chi connectivity index (χ2n) is 5.44. The highest BCUT2D eigenvalue weighted by Gasteiger charge is 2.24. The second-order valence-corrected chi connectivity index (χ2v) is 6.90. The lowest BCUT2D eigenvalue weighted by Crippen LogP contribution is -2.37. The number of benzene rings is 2. The topological polar surface area (TPSA) is 58.6 Å². The summed E-state index contributed by atoms with van der Waals surface area (Å²) in [7, 11) is 1.53. The minimum atomic E-state index is -0.205. The number of methoxy groups -OCH3 is 1.